The predicted molar refractivity (Wildman–Crippen MR) is 92.8 cm³/mol. The summed E-state index contributed by atoms with van der Waals surface area (Å²) in [7, 11) is 4.69. The zero-order chi connectivity index (χ0) is 17.8. The molecule has 0 saturated heterocycles. The van der Waals surface area contributed by atoms with Gasteiger partial charge < -0.3 is 14.2 Å². The van der Waals surface area contributed by atoms with Crippen LogP contribution in [0.4, 0.5) is 5.82 Å². The van der Waals surface area contributed by atoms with E-state index in [1.807, 2.05) is 13.0 Å². The SMILES string of the molecule is COc1cc(/C=N/Nc2ccc3nnc(C)n3n2)cc(OC)c1OC. The van der Waals surface area contributed by atoms with E-state index in [2.05, 4.69) is 25.8 Å². The zero-order valence-corrected chi connectivity index (χ0v) is 14.3. The van der Waals surface area contributed by atoms with Crippen molar-refractivity contribution >= 4 is 17.7 Å². The standard InChI is InChI=1S/C16H18N6O3/c1-10-18-20-15-6-5-14(21-22(10)15)19-17-9-11-7-12(23-2)16(25-4)13(8-11)24-3/h5-9H,1-4H3,(H,19,21)/b17-9+. The second-order valence-corrected chi connectivity index (χ2v) is 5.06. The Hall–Kier alpha value is -3.36. The first-order valence-electron chi connectivity index (χ1n) is 7.44. The number of benzene rings is 1. The Morgan fingerprint density at radius 1 is 1.04 bits per heavy atom. The molecular weight excluding hydrogens is 324 g/mol. The Morgan fingerprint density at radius 2 is 1.76 bits per heavy atom. The summed E-state index contributed by atoms with van der Waals surface area (Å²) in [6, 6.07) is 7.18. The Morgan fingerprint density at radius 3 is 2.40 bits per heavy atom. The molecule has 130 valence electrons. The normalized spacial score (nSPS) is 11.0. The van der Waals surface area contributed by atoms with Gasteiger partial charge in [0.2, 0.25) is 5.75 Å². The second kappa shape index (κ2) is 7.04. The maximum Gasteiger partial charge on any atom is 0.203 e. The molecule has 0 aliphatic rings. The summed E-state index contributed by atoms with van der Waals surface area (Å²) < 4.78 is 17.6. The summed E-state index contributed by atoms with van der Waals surface area (Å²) in [5.74, 6) is 2.92. The maximum atomic E-state index is 5.32. The van der Waals surface area contributed by atoms with Gasteiger partial charge in [-0.15, -0.1) is 15.3 Å². The van der Waals surface area contributed by atoms with Gasteiger partial charge in [0.05, 0.1) is 27.5 Å². The van der Waals surface area contributed by atoms with Crippen LogP contribution in [0.3, 0.4) is 0 Å². The number of hydrogen-bond donors (Lipinski definition) is 1. The lowest BCUT2D eigenvalue weighted by Gasteiger charge is -2.12. The lowest BCUT2D eigenvalue weighted by molar-refractivity contribution is 0.324. The van der Waals surface area contributed by atoms with Crippen molar-refractivity contribution in [3.05, 3.63) is 35.7 Å². The molecule has 1 aromatic carbocycles. The number of methoxy groups -OCH3 is 3. The summed E-state index contributed by atoms with van der Waals surface area (Å²) in [6.07, 6.45) is 1.63. The molecule has 0 spiro atoms. The van der Waals surface area contributed by atoms with E-state index in [0.717, 1.165) is 5.56 Å². The van der Waals surface area contributed by atoms with Crippen molar-refractivity contribution in [2.75, 3.05) is 26.8 Å². The molecule has 1 N–H and O–H groups in total. The van der Waals surface area contributed by atoms with Crippen molar-refractivity contribution in [1.29, 1.82) is 0 Å². The largest absolute Gasteiger partial charge is 0.493 e. The number of rotatable bonds is 6. The van der Waals surface area contributed by atoms with Gasteiger partial charge in [0.25, 0.3) is 0 Å². The number of aryl methyl sites for hydroxylation is 1. The van der Waals surface area contributed by atoms with E-state index in [9.17, 15) is 0 Å². The maximum absolute atomic E-state index is 5.32. The number of aromatic nitrogens is 4. The molecule has 0 fully saturated rings. The van der Waals surface area contributed by atoms with Crippen LogP contribution < -0.4 is 19.6 Å². The Labute approximate surface area is 144 Å². The average Bonchev–Trinajstić information content (AvgIpc) is 3.01. The molecule has 0 atom stereocenters. The minimum absolute atomic E-state index is 0.533. The molecule has 0 aliphatic heterocycles. The summed E-state index contributed by atoms with van der Waals surface area (Å²) >= 11 is 0. The van der Waals surface area contributed by atoms with E-state index in [0.29, 0.717) is 34.5 Å². The van der Waals surface area contributed by atoms with E-state index in [1.165, 1.54) is 0 Å². The number of nitrogens with one attached hydrogen (secondary N) is 1. The second-order valence-electron chi connectivity index (χ2n) is 5.06. The summed E-state index contributed by atoms with van der Waals surface area (Å²) in [4.78, 5) is 0. The van der Waals surface area contributed by atoms with Crippen molar-refractivity contribution < 1.29 is 14.2 Å². The van der Waals surface area contributed by atoms with E-state index in [-0.39, 0.29) is 0 Å². The Kier molecular flexibility index (Phi) is 4.64. The zero-order valence-electron chi connectivity index (χ0n) is 14.3. The summed E-state index contributed by atoms with van der Waals surface area (Å²) in [5.41, 5.74) is 4.33. The van der Waals surface area contributed by atoms with Crippen LogP contribution in [-0.4, -0.2) is 47.4 Å². The molecular formula is C16H18N6O3. The molecule has 0 unspecified atom stereocenters. The number of ether oxygens (including phenoxy) is 3. The van der Waals surface area contributed by atoms with Crippen LogP contribution in [0.5, 0.6) is 17.2 Å². The summed E-state index contributed by atoms with van der Waals surface area (Å²) in [6.45, 7) is 1.83. The highest BCUT2D eigenvalue weighted by Gasteiger charge is 2.12. The van der Waals surface area contributed by atoms with Crippen molar-refractivity contribution in [2.24, 2.45) is 5.10 Å². The van der Waals surface area contributed by atoms with E-state index in [4.69, 9.17) is 14.2 Å². The fraction of sp³-hybridized carbons (Fsp3) is 0.250. The van der Waals surface area contributed by atoms with E-state index in [1.54, 1.807) is 50.3 Å². The van der Waals surface area contributed by atoms with Crippen LogP contribution in [0.2, 0.25) is 0 Å². The molecule has 0 bridgehead atoms. The molecule has 9 nitrogen and oxygen atoms in total. The van der Waals surface area contributed by atoms with Gasteiger partial charge in [-0.25, -0.2) is 0 Å². The molecule has 0 amide bonds. The molecule has 0 saturated carbocycles. The lowest BCUT2D eigenvalue weighted by Crippen LogP contribution is -2.00. The van der Waals surface area contributed by atoms with E-state index >= 15 is 0 Å². The number of nitrogens with zero attached hydrogens (tertiary/aromatic N) is 5. The van der Waals surface area contributed by atoms with Crippen LogP contribution in [0.1, 0.15) is 11.4 Å². The van der Waals surface area contributed by atoms with Gasteiger partial charge in [-0.05, 0) is 31.2 Å². The molecule has 25 heavy (non-hydrogen) atoms. The topological polar surface area (TPSA) is 95.2 Å². The number of anilines is 1. The Bertz CT molecular complexity index is 896. The molecule has 2 heterocycles. The third kappa shape index (κ3) is 3.30. The first-order valence-corrected chi connectivity index (χ1v) is 7.44. The first-order chi connectivity index (χ1) is 12.2. The molecule has 0 radical (unpaired) electrons. The van der Waals surface area contributed by atoms with Gasteiger partial charge >= 0.3 is 0 Å². The lowest BCUT2D eigenvalue weighted by atomic mass is 10.2. The van der Waals surface area contributed by atoms with Crippen LogP contribution in [0.15, 0.2) is 29.4 Å². The third-order valence-corrected chi connectivity index (χ3v) is 3.50. The molecule has 0 aliphatic carbocycles. The average molecular weight is 342 g/mol. The minimum atomic E-state index is 0.533. The summed E-state index contributed by atoms with van der Waals surface area (Å²) in [5, 5.41) is 16.5. The van der Waals surface area contributed by atoms with Crippen molar-refractivity contribution in [1.82, 2.24) is 19.8 Å². The predicted octanol–water partition coefficient (Wildman–Crippen LogP) is 1.90. The van der Waals surface area contributed by atoms with Gasteiger partial charge in [-0.3, -0.25) is 5.43 Å². The van der Waals surface area contributed by atoms with Crippen molar-refractivity contribution in [3.8, 4) is 17.2 Å². The molecule has 3 aromatic rings. The van der Waals surface area contributed by atoms with Gasteiger partial charge in [0, 0.05) is 5.56 Å². The highest BCUT2D eigenvalue weighted by molar-refractivity contribution is 5.83. The van der Waals surface area contributed by atoms with Crippen LogP contribution in [0.25, 0.3) is 5.65 Å². The minimum Gasteiger partial charge on any atom is -0.493 e. The van der Waals surface area contributed by atoms with Gasteiger partial charge in [-0.2, -0.15) is 9.62 Å². The Balaban J connectivity index is 1.82. The number of fused-ring (bicyclic) bond motifs is 1. The molecule has 2 aromatic heterocycles. The smallest absolute Gasteiger partial charge is 0.203 e. The monoisotopic (exact) mass is 342 g/mol. The fourth-order valence-electron chi connectivity index (χ4n) is 2.30. The highest BCUT2D eigenvalue weighted by Crippen LogP contribution is 2.37. The van der Waals surface area contributed by atoms with Gasteiger partial charge in [0.15, 0.2) is 28.8 Å². The van der Waals surface area contributed by atoms with Crippen LogP contribution >= 0.6 is 0 Å². The number of hydrazone groups is 1. The van der Waals surface area contributed by atoms with Crippen LogP contribution in [-0.2, 0) is 0 Å². The third-order valence-electron chi connectivity index (χ3n) is 3.50. The molecule has 3 rings (SSSR count). The number of hydrogen-bond acceptors (Lipinski definition) is 8. The van der Waals surface area contributed by atoms with E-state index < -0.39 is 0 Å². The van der Waals surface area contributed by atoms with Crippen LogP contribution in [0, 0.1) is 6.92 Å². The van der Waals surface area contributed by atoms with Gasteiger partial charge in [-0.1, -0.05) is 0 Å². The fourth-order valence-corrected chi connectivity index (χ4v) is 2.30. The van der Waals surface area contributed by atoms with Crippen molar-refractivity contribution in [3.63, 3.8) is 0 Å². The highest BCUT2D eigenvalue weighted by atomic mass is 16.5. The molecule has 9 heteroatoms. The first kappa shape index (κ1) is 16.5. The quantitative estimate of drug-likeness (QED) is 0.540. The van der Waals surface area contributed by atoms with Crippen molar-refractivity contribution in [2.45, 2.75) is 6.92 Å². The van der Waals surface area contributed by atoms with Gasteiger partial charge in [0.1, 0.15) is 0 Å².